The molecule has 0 heterocycles. The third-order valence-electron chi connectivity index (χ3n) is 7.76. The first-order valence-corrected chi connectivity index (χ1v) is 15.4. The second kappa shape index (κ2) is 15.0. The highest BCUT2D eigenvalue weighted by atomic mass is 35.5. The highest BCUT2D eigenvalue weighted by Gasteiger charge is 2.63. The van der Waals surface area contributed by atoms with Crippen molar-refractivity contribution >= 4 is 23.5 Å². The molecule has 0 saturated heterocycles. The van der Waals surface area contributed by atoms with Gasteiger partial charge >= 0.3 is 5.97 Å². The van der Waals surface area contributed by atoms with Crippen molar-refractivity contribution < 1.29 is 25.2 Å². The predicted octanol–water partition coefficient (Wildman–Crippen LogP) is 7.34. The first-order valence-electron chi connectivity index (χ1n) is 15.6. The Morgan fingerprint density at radius 2 is 1.73 bits per heavy atom. The Kier molecular flexibility index (Phi) is 11.4. The zero-order chi connectivity index (χ0) is 33.4. The second-order valence-corrected chi connectivity index (χ2v) is 13.7. The summed E-state index contributed by atoms with van der Waals surface area (Å²) in [5.74, 6) is 6.04. The Bertz CT molecular complexity index is 1430. The lowest BCUT2D eigenvalue weighted by molar-refractivity contribution is -0.195. The molecule has 8 heteroatoms. The molecule has 1 aliphatic rings. The molecule has 0 bridgehead atoms. The number of rotatable bonds is 12. The number of ether oxygens (including phenoxy) is 3. The Balaban J connectivity index is 1.43. The van der Waals surface area contributed by atoms with Gasteiger partial charge in [0.05, 0.1) is 10.6 Å². The van der Waals surface area contributed by atoms with Crippen molar-refractivity contribution in [3.05, 3.63) is 64.2 Å². The van der Waals surface area contributed by atoms with Crippen molar-refractivity contribution in [1.29, 1.82) is 5.26 Å². The number of nitrogens with zero attached hydrogens (tertiary/aromatic N) is 1. The van der Waals surface area contributed by atoms with Crippen LogP contribution in [-0.4, -0.2) is 43.3 Å². The summed E-state index contributed by atoms with van der Waals surface area (Å²) in [5, 5.41) is 12.4. The zero-order valence-electron chi connectivity index (χ0n) is 27.9. The summed E-state index contributed by atoms with van der Waals surface area (Å²) in [6.07, 6.45) is 3.24. The number of halogens is 1. The molecule has 0 aliphatic heterocycles. The molecule has 0 spiro atoms. The lowest BCUT2D eigenvalue weighted by Crippen LogP contribution is -2.68. The van der Waals surface area contributed by atoms with Crippen LogP contribution < -0.4 is 10.1 Å². The number of unbranched alkanes of at least 4 members (excludes halogenated alkanes) is 3. The standard InChI is InChI=1S/C36H45ClN2O5/c1-34(2,3)44-31(40)24-42-20-12-10-8-9-11-13-25-14-16-26(17-15-25)32(41)39-23-30-35(4,5)33(36(30,6)7)43-28-19-18-27(22-38)29(37)21-28/h14-19,21,30,33H,8-10,12,20,23-24H2,1-7H3,(H,39,41)/i23D. The minimum Gasteiger partial charge on any atom is -0.489 e. The largest absolute Gasteiger partial charge is 0.489 e. The Labute approximate surface area is 269 Å². The molecule has 1 amide bonds. The van der Waals surface area contributed by atoms with Crippen molar-refractivity contribution in [2.75, 3.05) is 19.7 Å². The quantitative estimate of drug-likeness (QED) is 0.151. The molecule has 1 N–H and O–H groups in total. The van der Waals surface area contributed by atoms with Gasteiger partial charge in [0.1, 0.15) is 30.1 Å². The van der Waals surface area contributed by atoms with Crippen molar-refractivity contribution in [3.63, 3.8) is 0 Å². The molecule has 1 saturated carbocycles. The molecule has 0 radical (unpaired) electrons. The van der Waals surface area contributed by atoms with Crippen LogP contribution in [0.25, 0.3) is 0 Å². The molecule has 1 unspecified atom stereocenters. The fourth-order valence-electron chi connectivity index (χ4n) is 5.91. The van der Waals surface area contributed by atoms with Gasteiger partial charge in [-0.1, -0.05) is 57.6 Å². The van der Waals surface area contributed by atoms with Crippen LogP contribution in [-0.2, 0) is 14.3 Å². The van der Waals surface area contributed by atoms with Crippen molar-refractivity contribution in [2.24, 2.45) is 16.7 Å². The molecule has 0 aromatic heterocycles. The number of carbonyl (C=O) groups excluding carboxylic acids is 2. The molecule has 2 aromatic rings. The van der Waals surface area contributed by atoms with Crippen molar-refractivity contribution in [2.45, 2.75) is 85.9 Å². The van der Waals surface area contributed by atoms with E-state index in [0.717, 1.165) is 31.2 Å². The van der Waals surface area contributed by atoms with Gasteiger partial charge in [-0.05, 0) is 75.9 Å². The van der Waals surface area contributed by atoms with Gasteiger partial charge in [-0.2, -0.15) is 5.26 Å². The molecule has 1 fully saturated rings. The maximum atomic E-state index is 13.0. The van der Waals surface area contributed by atoms with E-state index in [2.05, 4.69) is 17.2 Å². The topological polar surface area (TPSA) is 97.7 Å². The smallest absolute Gasteiger partial charge is 0.332 e. The SMILES string of the molecule is [2H]C(NC(=O)c1ccc(C#CCCCCCOCC(=O)OC(C)(C)C)cc1)C1C(C)(C)C(Oc2ccc(C#N)c(Cl)c2)C1(C)C. The molecule has 2 aromatic carbocycles. The summed E-state index contributed by atoms with van der Waals surface area (Å²) in [5.41, 5.74) is 0.356. The summed E-state index contributed by atoms with van der Waals surface area (Å²) >= 11 is 6.20. The normalized spacial score (nSPS) is 19.2. The molecule has 7 nitrogen and oxygen atoms in total. The van der Waals surface area contributed by atoms with E-state index < -0.39 is 23.0 Å². The van der Waals surface area contributed by atoms with Crippen LogP contribution in [0.5, 0.6) is 5.75 Å². The van der Waals surface area contributed by atoms with E-state index in [-0.39, 0.29) is 30.5 Å². The van der Waals surface area contributed by atoms with E-state index in [0.29, 0.717) is 28.5 Å². The zero-order valence-corrected chi connectivity index (χ0v) is 27.6. The van der Waals surface area contributed by atoms with Crippen LogP contribution in [0.1, 0.15) is 97.0 Å². The van der Waals surface area contributed by atoms with Crippen molar-refractivity contribution in [1.82, 2.24) is 5.32 Å². The summed E-state index contributed by atoms with van der Waals surface area (Å²) in [6, 6.07) is 14.1. The lowest BCUT2D eigenvalue weighted by Gasteiger charge is -2.63. The predicted molar refractivity (Wildman–Crippen MR) is 172 cm³/mol. The number of esters is 1. The van der Waals surface area contributed by atoms with Gasteiger partial charge in [-0.15, -0.1) is 0 Å². The van der Waals surface area contributed by atoms with Gasteiger partial charge in [0.2, 0.25) is 0 Å². The van der Waals surface area contributed by atoms with E-state index in [1.54, 1.807) is 30.3 Å². The number of nitrogens with one attached hydrogen (secondary N) is 1. The average molecular weight is 622 g/mol. The third-order valence-corrected chi connectivity index (χ3v) is 8.07. The van der Waals surface area contributed by atoms with E-state index in [9.17, 15) is 9.59 Å². The Morgan fingerprint density at radius 3 is 2.34 bits per heavy atom. The summed E-state index contributed by atoms with van der Waals surface area (Å²) < 4.78 is 25.8. The van der Waals surface area contributed by atoms with Gasteiger partial charge in [-0.25, -0.2) is 4.79 Å². The van der Waals surface area contributed by atoms with Crippen LogP contribution in [0.15, 0.2) is 42.5 Å². The Morgan fingerprint density at radius 1 is 1.05 bits per heavy atom. The number of carbonyl (C=O) groups is 2. The summed E-state index contributed by atoms with van der Waals surface area (Å²) in [7, 11) is 0. The van der Waals surface area contributed by atoms with Gasteiger partial charge in [0.15, 0.2) is 0 Å². The van der Waals surface area contributed by atoms with Gasteiger partial charge in [-0.3, -0.25) is 4.79 Å². The van der Waals surface area contributed by atoms with E-state index in [4.69, 9.17) is 32.4 Å². The highest BCUT2D eigenvalue weighted by Crippen LogP contribution is 2.60. The molecule has 236 valence electrons. The number of amides is 1. The molecule has 3 rings (SSSR count). The third kappa shape index (κ3) is 9.49. The van der Waals surface area contributed by atoms with E-state index >= 15 is 0 Å². The maximum absolute atomic E-state index is 13.0. The first kappa shape index (κ1) is 33.4. The fourth-order valence-corrected chi connectivity index (χ4v) is 6.12. The maximum Gasteiger partial charge on any atom is 0.332 e. The summed E-state index contributed by atoms with van der Waals surface area (Å²) in [6.45, 7) is 13.3. The van der Waals surface area contributed by atoms with Crippen LogP contribution >= 0.6 is 11.6 Å². The molecule has 1 atom stereocenters. The minimum atomic E-state index is -0.839. The van der Waals surface area contributed by atoms with Gasteiger partial charge in [0.25, 0.3) is 5.91 Å². The van der Waals surface area contributed by atoms with Crippen molar-refractivity contribution in [3.8, 4) is 23.7 Å². The molecule has 1 aliphatic carbocycles. The second-order valence-electron chi connectivity index (χ2n) is 13.3. The number of hydrogen-bond donors (Lipinski definition) is 1. The highest BCUT2D eigenvalue weighted by molar-refractivity contribution is 6.31. The van der Waals surface area contributed by atoms with Gasteiger partial charge < -0.3 is 19.5 Å². The number of nitriles is 1. The number of benzene rings is 2. The molecule has 44 heavy (non-hydrogen) atoms. The van der Waals surface area contributed by atoms with E-state index in [1.165, 1.54) is 0 Å². The monoisotopic (exact) mass is 621 g/mol. The fraction of sp³-hybridized carbons (Fsp3) is 0.528. The van der Waals surface area contributed by atoms with Crippen LogP contribution in [0.4, 0.5) is 0 Å². The van der Waals surface area contributed by atoms with Gasteiger partial charge in [0, 0.05) is 48.9 Å². The van der Waals surface area contributed by atoms with Crippen LogP contribution in [0, 0.1) is 39.9 Å². The Hall–Kier alpha value is -3.52. The first-order chi connectivity index (χ1) is 21.1. The van der Waals surface area contributed by atoms with Crippen LogP contribution in [0.2, 0.25) is 5.02 Å². The number of hydrogen-bond acceptors (Lipinski definition) is 6. The summed E-state index contributed by atoms with van der Waals surface area (Å²) in [4.78, 5) is 24.7. The molecular formula is C36H45ClN2O5. The van der Waals surface area contributed by atoms with Crippen LogP contribution in [0.3, 0.4) is 0 Å². The molecular weight excluding hydrogens is 576 g/mol. The van der Waals surface area contributed by atoms with E-state index in [1.807, 2.05) is 66.7 Å². The average Bonchev–Trinajstić information content (AvgIpc) is 2.94. The lowest BCUT2D eigenvalue weighted by atomic mass is 9.45. The minimum absolute atomic E-state index is 0.0311.